The SMILES string of the molecule is Cc1ccc2c(n1)oc1c(-c3cc(CCC(F)(F)F)c4ccccc4[n+]3C)c(C)ccc12. The minimum Gasteiger partial charge on any atom is -0.437 e. The Labute approximate surface area is 183 Å². The number of hydrogen-bond acceptors (Lipinski definition) is 2. The van der Waals surface area contributed by atoms with Gasteiger partial charge in [0.1, 0.15) is 7.05 Å². The quantitative estimate of drug-likeness (QED) is 0.294. The molecule has 0 saturated heterocycles. The van der Waals surface area contributed by atoms with E-state index < -0.39 is 12.6 Å². The maximum Gasteiger partial charge on any atom is 0.389 e. The maximum absolute atomic E-state index is 13.0. The molecule has 0 saturated carbocycles. The van der Waals surface area contributed by atoms with Crippen LogP contribution in [0.2, 0.25) is 0 Å². The van der Waals surface area contributed by atoms with Crippen LogP contribution in [0.4, 0.5) is 13.2 Å². The van der Waals surface area contributed by atoms with Gasteiger partial charge in [0.05, 0.1) is 5.56 Å². The van der Waals surface area contributed by atoms with Crippen molar-refractivity contribution in [1.29, 1.82) is 0 Å². The van der Waals surface area contributed by atoms with Crippen molar-refractivity contribution < 1.29 is 22.2 Å². The van der Waals surface area contributed by atoms with Crippen molar-refractivity contribution in [1.82, 2.24) is 4.98 Å². The monoisotopic (exact) mass is 435 g/mol. The van der Waals surface area contributed by atoms with Gasteiger partial charge in [0.15, 0.2) is 5.58 Å². The highest BCUT2D eigenvalue weighted by atomic mass is 19.4. The highest BCUT2D eigenvalue weighted by Crippen LogP contribution is 2.37. The van der Waals surface area contributed by atoms with Crippen molar-refractivity contribution in [2.75, 3.05) is 0 Å². The first-order valence-electron chi connectivity index (χ1n) is 10.5. The second-order valence-corrected chi connectivity index (χ2v) is 8.29. The molecule has 0 atom stereocenters. The maximum atomic E-state index is 13.0. The van der Waals surface area contributed by atoms with Gasteiger partial charge in [-0.05, 0) is 49.6 Å². The normalized spacial score (nSPS) is 12.3. The standard InChI is InChI=1S/C26H22F3N2O/c1-15-8-10-19-20-11-9-16(2)30-25(20)32-24(19)23(15)22-14-17(12-13-26(27,28)29)18-6-4-5-7-21(18)31(22)3/h4-11,14H,12-13H2,1-3H3/q+1. The number of nitrogens with zero attached hydrogens (tertiary/aromatic N) is 2. The zero-order valence-electron chi connectivity index (χ0n) is 18.0. The molecule has 0 fully saturated rings. The number of hydrogen-bond donors (Lipinski definition) is 0. The lowest BCUT2D eigenvalue weighted by Gasteiger charge is -2.12. The van der Waals surface area contributed by atoms with Crippen LogP contribution in [-0.2, 0) is 13.5 Å². The van der Waals surface area contributed by atoms with Gasteiger partial charge in [-0.3, -0.25) is 0 Å². The van der Waals surface area contributed by atoms with Crippen molar-refractivity contribution in [3.05, 3.63) is 71.4 Å². The molecule has 3 aromatic heterocycles. The number of aromatic nitrogens is 2. The molecular formula is C26H22F3N2O+. The fourth-order valence-electron chi connectivity index (χ4n) is 4.46. The number of aryl methyl sites for hydroxylation is 4. The van der Waals surface area contributed by atoms with Crippen molar-refractivity contribution in [3.63, 3.8) is 0 Å². The molecule has 6 heteroatoms. The summed E-state index contributed by atoms with van der Waals surface area (Å²) in [7, 11) is 1.94. The number of benzene rings is 2. The molecule has 0 radical (unpaired) electrons. The summed E-state index contributed by atoms with van der Waals surface area (Å²) in [4.78, 5) is 4.53. The highest BCUT2D eigenvalue weighted by Gasteiger charge is 2.29. The summed E-state index contributed by atoms with van der Waals surface area (Å²) in [6.07, 6.45) is -5.15. The molecule has 5 aromatic rings. The lowest BCUT2D eigenvalue weighted by atomic mass is 9.96. The minimum absolute atomic E-state index is 0.0756. The summed E-state index contributed by atoms with van der Waals surface area (Å²) in [5.74, 6) is 0. The molecule has 2 aromatic carbocycles. The van der Waals surface area contributed by atoms with Gasteiger partial charge in [-0.25, -0.2) is 4.98 Å². The fourth-order valence-corrected chi connectivity index (χ4v) is 4.46. The predicted octanol–water partition coefficient (Wildman–Crippen LogP) is 6.74. The summed E-state index contributed by atoms with van der Waals surface area (Å²) < 4.78 is 47.4. The molecule has 32 heavy (non-hydrogen) atoms. The molecular weight excluding hydrogens is 413 g/mol. The fraction of sp³-hybridized carbons (Fsp3) is 0.231. The first kappa shape index (κ1) is 20.5. The summed E-state index contributed by atoms with van der Waals surface area (Å²) in [6, 6.07) is 17.4. The Morgan fingerprint density at radius 2 is 1.69 bits per heavy atom. The average molecular weight is 435 g/mol. The van der Waals surface area contributed by atoms with Crippen LogP contribution in [0.25, 0.3) is 44.2 Å². The Hall–Kier alpha value is -3.41. The van der Waals surface area contributed by atoms with Crippen LogP contribution in [0.15, 0.2) is 59.0 Å². The van der Waals surface area contributed by atoms with E-state index in [9.17, 15) is 13.2 Å². The van der Waals surface area contributed by atoms with E-state index in [1.807, 2.05) is 80.1 Å². The van der Waals surface area contributed by atoms with Crippen LogP contribution in [0.5, 0.6) is 0 Å². The first-order valence-corrected chi connectivity index (χ1v) is 10.5. The molecule has 0 amide bonds. The van der Waals surface area contributed by atoms with E-state index in [2.05, 4.69) is 4.98 Å². The Bertz CT molecular complexity index is 1500. The predicted molar refractivity (Wildman–Crippen MR) is 119 cm³/mol. The number of halogens is 3. The van der Waals surface area contributed by atoms with Gasteiger partial charge in [0, 0.05) is 40.4 Å². The Morgan fingerprint density at radius 3 is 2.47 bits per heavy atom. The number of rotatable bonds is 3. The second-order valence-electron chi connectivity index (χ2n) is 8.29. The van der Waals surface area contributed by atoms with E-state index in [4.69, 9.17) is 4.42 Å². The van der Waals surface area contributed by atoms with Crippen LogP contribution in [-0.4, -0.2) is 11.2 Å². The van der Waals surface area contributed by atoms with Crippen LogP contribution < -0.4 is 4.57 Å². The third-order valence-corrected chi connectivity index (χ3v) is 6.07. The second kappa shape index (κ2) is 7.33. The molecule has 0 aliphatic carbocycles. The zero-order chi connectivity index (χ0) is 22.6. The molecule has 3 nitrogen and oxygen atoms in total. The number of fused-ring (bicyclic) bond motifs is 4. The molecule has 0 unspecified atom stereocenters. The van der Waals surface area contributed by atoms with Crippen molar-refractivity contribution in [3.8, 4) is 11.3 Å². The molecule has 0 N–H and O–H groups in total. The van der Waals surface area contributed by atoms with E-state index in [0.29, 0.717) is 16.9 Å². The largest absolute Gasteiger partial charge is 0.437 e. The number of alkyl halides is 3. The molecule has 0 bridgehead atoms. The van der Waals surface area contributed by atoms with E-state index in [0.717, 1.165) is 44.2 Å². The van der Waals surface area contributed by atoms with Crippen LogP contribution in [0.1, 0.15) is 23.2 Å². The van der Waals surface area contributed by atoms with Gasteiger partial charge in [0.2, 0.25) is 16.9 Å². The number of furan rings is 1. The molecule has 5 rings (SSSR count). The topological polar surface area (TPSA) is 29.9 Å². The molecule has 162 valence electrons. The zero-order valence-corrected chi connectivity index (χ0v) is 18.0. The smallest absolute Gasteiger partial charge is 0.389 e. The summed E-state index contributed by atoms with van der Waals surface area (Å²) >= 11 is 0. The minimum atomic E-state index is -4.21. The summed E-state index contributed by atoms with van der Waals surface area (Å²) in [6.45, 7) is 3.90. The van der Waals surface area contributed by atoms with Gasteiger partial charge in [0.25, 0.3) is 0 Å². The van der Waals surface area contributed by atoms with E-state index >= 15 is 0 Å². The van der Waals surface area contributed by atoms with Crippen LogP contribution in [0, 0.1) is 13.8 Å². The Kier molecular flexibility index (Phi) is 4.69. The highest BCUT2D eigenvalue weighted by molar-refractivity contribution is 6.09. The van der Waals surface area contributed by atoms with Crippen molar-refractivity contribution in [2.24, 2.45) is 7.05 Å². The van der Waals surface area contributed by atoms with Gasteiger partial charge in [-0.1, -0.05) is 24.3 Å². The first-order chi connectivity index (χ1) is 15.2. The summed E-state index contributed by atoms with van der Waals surface area (Å²) in [5, 5.41) is 2.69. The Morgan fingerprint density at radius 1 is 0.938 bits per heavy atom. The lowest BCUT2D eigenvalue weighted by Crippen LogP contribution is -2.33. The molecule has 0 spiro atoms. The van der Waals surface area contributed by atoms with E-state index in [1.165, 1.54) is 0 Å². The van der Waals surface area contributed by atoms with Gasteiger partial charge in [-0.2, -0.15) is 17.7 Å². The third-order valence-electron chi connectivity index (χ3n) is 6.07. The van der Waals surface area contributed by atoms with Gasteiger partial charge in [-0.15, -0.1) is 0 Å². The van der Waals surface area contributed by atoms with E-state index in [1.54, 1.807) is 0 Å². The van der Waals surface area contributed by atoms with Crippen molar-refractivity contribution >= 4 is 33.0 Å². The summed E-state index contributed by atoms with van der Waals surface area (Å²) in [5.41, 5.74) is 6.36. The lowest BCUT2D eigenvalue weighted by molar-refractivity contribution is -0.633. The molecule has 0 aliphatic heterocycles. The van der Waals surface area contributed by atoms with Crippen molar-refractivity contribution in [2.45, 2.75) is 32.9 Å². The van der Waals surface area contributed by atoms with Crippen LogP contribution >= 0.6 is 0 Å². The van der Waals surface area contributed by atoms with Gasteiger partial charge >= 0.3 is 6.18 Å². The number of para-hydroxylation sites is 1. The molecule has 0 aliphatic rings. The van der Waals surface area contributed by atoms with E-state index in [-0.39, 0.29) is 6.42 Å². The third kappa shape index (κ3) is 3.40. The van der Waals surface area contributed by atoms with Gasteiger partial charge < -0.3 is 4.42 Å². The Balaban J connectivity index is 1.82. The molecule has 3 heterocycles. The number of pyridine rings is 2. The van der Waals surface area contributed by atoms with Crippen LogP contribution in [0.3, 0.4) is 0 Å². The average Bonchev–Trinajstić information content (AvgIpc) is 3.10.